The van der Waals surface area contributed by atoms with Gasteiger partial charge in [0.05, 0.1) is 11.1 Å². The monoisotopic (exact) mass is 476 g/mol. The van der Waals surface area contributed by atoms with Crippen LogP contribution in [0.4, 0.5) is 4.79 Å². The topological polar surface area (TPSA) is 105 Å². The van der Waals surface area contributed by atoms with E-state index in [1.807, 2.05) is 25.1 Å². The first-order valence-corrected chi connectivity index (χ1v) is 11.7. The second-order valence-corrected chi connectivity index (χ2v) is 8.88. The summed E-state index contributed by atoms with van der Waals surface area (Å²) in [5.41, 5.74) is 4.06. The number of thioether (sulfide) groups is 1. The molecule has 174 valence electrons. The number of nitrogens with one attached hydrogen (secondary N) is 1. The number of oxazole rings is 1. The normalized spacial score (nSPS) is 14.8. The summed E-state index contributed by atoms with van der Waals surface area (Å²) >= 11 is 0.882. The van der Waals surface area contributed by atoms with E-state index in [1.165, 1.54) is 11.1 Å². The number of carbonyl (C=O) groups is 3. The summed E-state index contributed by atoms with van der Waals surface area (Å²) in [4.78, 5) is 46.7. The second-order valence-electron chi connectivity index (χ2n) is 7.89. The smallest absolute Gasteiger partial charge is 0.293 e. The number of rotatable bonds is 8. The van der Waals surface area contributed by atoms with Crippen molar-refractivity contribution in [1.29, 1.82) is 0 Å². The molecule has 0 radical (unpaired) electrons. The minimum absolute atomic E-state index is 0.108. The van der Waals surface area contributed by atoms with E-state index in [1.54, 1.807) is 36.8 Å². The van der Waals surface area contributed by atoms with E-state index in [9.17, 15) is 14.4 Å². The molecule has 1 fully saturated rings. The quantitative estimate of drug-likeness (QED) is 0.487. The molecule has 2 aromatic heterocycles. The van der Waals surface area contributed by atoms with Crippen molar-refractivity contribution in [3.63, 3.8) is 0 Å². The van der Waals surface area contributed by atoms with Gasteiger partial charge < -0.3 is 9.73 Å². The Morgan fingerprint density at radius 2 is 2.03 bits per heavy atom. The highest BCUT2D eigenvalue weighted by molar-refractivity contribution is 8.18. The number of aromatic nitrogens is 2. The van der Waals surface area contributed by atoms with Gasteiger partial charge in [-0.1, -0.05) is 18.2 Å². The van der Waals surface area contributed by atoms with Gasteiger partial charge in [-0.15, -0.1) is 0 Å². The van der Waals surface area contributed by atoms with E-state index in [0.717, 1.165) is 27.8 Å². The van der Waals surface area contributed by atoms with Crippen molar-refractivity contribution in [2.24, 2.45) is 0 Å². The minimum atomic E-state index is -0.369. The van der Waals surface area contributed by atoms with Gasteiger partial charge in [0.15, 0.2) is 11.7 Å². The number of aryl methyl sites for hydroxylation is 3. The number of nitrogens with zero attached hydrogens (tertiary/aromatic N) is 3. The first-order chi connectivity index (χ1) is 16.4. The maximum atomic E-state index is 12.5. The van der Waals surface area contributed by atoms with Crippen LogP contribution in [0.25, 0.3) is 17.4 Å². The van der Waals surface area contributed by atoms with Crippen LogP contribution < -0.4 is 5.32 Å². The Labute approximate surface area is 201 Å². The fourth-order valence-corrected chi connectivity index (χ4v) is 4.24. The predicted molar refractivity (Wildman–Crippen MR) is 130 cm³/mol. The molecule has 1 aliphatic heterocycles. The zero-order chi connectivity index (χ0) is 24.1. The molecule has 0 saturated carbocycles. The Kier molecular flexibility index (Phi) is 7.22. The molecule has 0 unspecified atom stereocenters. The van der Waals surface area contributed by atoms with Crippen LogP contribution in [0, 0.1) is 13.8 Å². The Morgan fingerprint density at radius 3 is 2.79 bits per heavy atom. The first-order valence-electron chi connectivity index (χ1n) is 10.8. The van der Waals surface area contributed by atoms with Gasteiger partial charge in [-0.3, -0.25) is 24.3 Å². The van der Waals surface area contributed by atoms with Gasteiger partial charge >= 0.3 is 0 Å². The SMILES string of the molecule is Cc1ccc(-c2cnc(CCC(=O)NCCN3C(=O)S/C(=C\c4cccnc4)C3=O)o2)cc1C. The van der Waals surface area contributed by atoms with Crippen LogP contribution in [0.2, 0.25) is 0 Å². The van der Waals surface area contributed by atoms with Gasteiger partial charge in [0.25, 0.3) is 11.1 Å². The molecule has 0 aliphatic carbocycles. The number of hydrogen-bond acceptors (Lipinski definition) is 7. The standard InChI is InChI=1S/C25H24N4O4S/c1-16-5-6-19(12-17(16)2)20-15-28-23(33-20)8-7-22(30)27-10-11-29-24(31)21(34-25(29)32)13-18-4-3-9-26-14-18/h3-6,9,12-15H,7-8,10-11H2,1-2H3,(H,27,30)/b21-13-. The lowest BCUT2D eigenvalue weighted by molar-refractivity contribution is -0.124. The van der Waals surface area contributed by atoms with Crippen LogP contribution >= 0.6 is 11.8 Å². The molecular formula is C25H24N4O4S. The average Bonchev–Trinajstić information content (AvgIpc) is 3.40. The van der Waals surface area contributed by atoms with E-state index in [0.29, 0.717) is 23.0 Å². The van der Waals surface area contributed by atoms with Crippen molar-refractivity contribution in [2.75, 3.05) is 13.1 Å². The second kappa shape index (κ2) is 10.5. The molecule has 0 bridgehead atoms. The lowest BCUT2D eigenvalue weighted by Gasteiger charge is -2.12. The third kappa shape index (κ3) is 5.60. The molecule has 3 amide bonds. The van der Waals surface area contributed by atoms with E-state index in [2.05, 4.69) is 22.2 Å². The number of pyridine rings is 1. The molecule has 1 aromatic carbocycles. The summed E-state index contributed by atoms with van der Waals surface area (Å²) in [6, 6.07) is 9.62. The number of carbonyl (C=O) groups excluding carboxylic acids is 3. The van der Waals surface area contributed by atoms with Crippen molar-refractivity contribution in [3.05, 3.63) is 76.4 Å². The van der Waals surface area contributed by atoms with Crippen LogP contribution in [0.1, 0.15) is 29.0 Å². The van der Waals surface area contributed by atoms with E-state index < -0.39 is 0 Å². The van der Waals surface area contributed by atoms with E-state index in [-0.39, 0.29) is 36.6 Å². The Morgan fingerprint density at radius 1 is 1.18 bits per heavy atom. The molecule has 9 heteroatoms. The molecule has 0 atom stereocenters. The number of amides is 3. The van der Waals surface area contributed by atoms with Crippen molar-refractivity contribution in [2.45, 2.75) is 26.7 Å². The van der Waals surface area contributed by atoms with Crippen LogP contribution in [0.15, 0.2) is 58.2 Å². The van der Waals surface area contributed by atoms with Gasteiger partial charge in [0.1, 0.15) is 0 Å². The fourth-order valence-electron chi connectivity index (χ4n) is 3.38. The van der Waals surface area contributed by atoms with Crippen molar-refractivity contribution < 1.29 is 18.8 Å². The Balaban J connectivity index is 1.24. The largest absolute Gasteiger partial charge is 0.441 e. The summed E-state index contributed by atoms with van der Waals surface area (Å²) in [6.07, 6.45) is 7.10. The molecule has 34 heavy (non-hydrogen) atoms. The fraction of sp³-hybridized carbons (Fsp3) is 0.240. The van der Waals surface area contributed by atoms with E-state index >= 15 is 0 Å². The summed E-state index contributed by atoms with van der Waals surface area (Å²) in [5, 5.41) is 2.39. The third-order valence-corrected chi connectivity index (χ3v) is 6.33. The highest BCUT2D eigenvalue weighted by Crippen LogP contribution is 2.31. The summed E-state index contributed by atoms with van der Waals surface area (Å²) < 4.78 is 5.79. The van der Waals surface area contributed by atoms with Crippen molar-refractivity contribution in [3.8, 4) is 11.3 Å². The molecular weight excluding hydrogens is 452 g/mol. The molecule has 1 saturated heterocycles. The number of hydrogen-bond donors (Lipinski definition) is 1. The lowest BCUT2D eigenvalue weighted by Crippen LogP contribution is -2.37. The van der Waals surface area contributed by atoms with Crippen LogP contribution in [-0.4, -0.2) is 45.0 Å². The zero-order valence-corrected chi connectivity index (χ0v) is 19.7. The van der Waals surface area contributed by atoms with Gasteiger partial charge in [0, 0.05) is 43.9 Å². The Hall–Kier alpha value is -3.72. The maximum absolute atomic E-state index is 12.5. The van der Waals surface area contributed by atoms with Gasteiger partial charge in [-0.05, 0) is 60.5 Å². The van der Waals surface area contributed by atoms with Crippen LogP contribution in [0.3, 0.4) is 0 Å². The van der Waals surface area contributed by atoms with Gasteiger partial charge in [0.2, 0.25) is 5.91 Å². The Bertz CT molecular complexity index is 1250. The lowest BCUT2D eigenvalue weighted by atomic mass is 10.1. The van der Waals surface area contributed by atoms with Crippen LogP contribution in [-0.2, 0) is 16.0 Å². The molecule has 8 nitrogen and oxygen atoms in total. The highest BCUT2D eigenvalue weighted by Gasteiger charge is 2.34. The predicted octanol–water partition coefficient (Wildman–Crippen LogP) is 4.14. The number of imide groups is 1. The zero-order valence-electron chi connectivity index (χ0n) is 18.9. The van der Waals surface area contributed by atoms with Crippen molar-refractivity contribution in [1.82, 2.24) is 20.2 Å². The van der Waals surface area contributed by atoms with Gasteiger partial charge in [-0.2, -0.15) is 0 Å². The molecule has 4 rings (SSSR count). The van der Waals surface area contributed by atoms with Crippen LogP contribution in [0.5, 0.6) is 0 Å². The molecule has 1 N–H and O–H groups in total. The highest BCUT2D eigenvalue weighted by atomic mass is 32.2. The first kappa shape index (κ1) is 23.4. The molecule has 3 aromatic rings. The average molecular weight is 477 g/mol. The van der Waals surface area contributed by atoms with Gasteiger partial charge in [-0.25, -0.2) is 4.98 Å². The molecule has 3 heterocycles. The van der Waals surface area contributed by atoms with Crippen molar-refractivity contribution >= 4 is 34.9 Å². The maximum Gasteiger partial charge on any atom is 0.293 e. The summed E-state index contributed by atoms with van der Waals surface area (Å²) in [5.74, 6) is 0.572. The van der Waals surface area contributed by atoms with E-state index in [4.69, 9.17) is 4.42 Å². The third-order valence-electron chi connectivity index (χ3n) is 5.42. The minimum Gasteiger partial charge on any atom is -0.441 e. The molecule has 1 aliphatic rings. The number of benzene rings is 1. The summed E-state index contributed by atoms with van der Waals surface area (Å²) in [7, 11) is 0. The summed E-state index contributed by atoms with van der Waals surface area (Å²) in [6.45, 7) is 4.38. The molecule has 0 spiro atoms.